The van der Waals surface area contributed by atoms with Gasteiger partial charge in [-0.05, 0) is 32.9 Å². The van der Waals surface area contributed by atoms with Crippen molar-refractivity contribution in [3.8, 4) is 0 Å². The zero-order valence-corrected chi connectivity index (χ0v) is 5.93. The molecule has 1 atom stereocenters. The van der Waals surface area contributed by atoms with E-state index in [1.165, 1.54) is 32.1 Å². The van der Waals surface area contributed by atoms with Gasteiger partial charge in [0.25, 0.3) is 0 Å². The summed E-state index contributed by atoms with van der Waals surface area (Å²) in [4.78, 5) is 2.34. The molecule has 0 amide bonds. The molecule has 9 heavy (non-hydrogen) atoms. The number of rotatable bonds is 2. The zero-order valence-electron chi connectivity index (χ0n) is 5.93. The maximum atomic E-state index is 7.01. The monoisotopic (exact) mass is 126 g/mol. The maximum Gasteiger partial charge on any atom is 0.0415 e. The fourth-order valence-electron chi connectivity index (χ4n) is 1.25. The topological polar surface area (TPSA) is 27.1 Å². The van der Waals surface area contributed by atoms with Crippen molar-refractivity contribution in [2.75, 3.05) is 13.1 Å². The van der Waals surface area contributed by atoms with Gasteiger partial charge in [-0.1, -0.05) is 0 Å². The second-order valence-corrected chi connectivity index (χ2v) is 2.65. The summed E-state index contributed by atoms with van der Waals surface area (Å²) in [7, 11) is 0. The van der Waals surface area contributed by atoms with Crippen molar-refractivity contribution in [1.82, 2.24) is 4.90 Å². The first-order chi connectivity index (χ1) is 4.34. The van der Waals surface area contributed by atoms with E-state index < -0.39 is 0 Å². The van der Waals surface area contributed by atoms with E-state index in [0.717, 1.165) is 0 Å². The van der Waals surface area contributed by atoms with Crippen LogP contribution in [0.2, 0.25) is 0 Å². The van der Waals surface area contributed by atoms with Crippen molar-refractivity contribution >= 4 is 6.21 Å². The van der Waals surface area contributed by atoms with E-state index in [2.05, 4.69) is 11.8 Å². The molecule has 2 nitrogen and oxygen atoms in total. The Morgan fingerprint density at radius 3 is 2.44 bits per heavy atom. The molecule has 0 aliphatic carbocycles. The van der Waals surface area contributed by atoms with Crippen LogP contribution in [-0.2, 0) is 0 Å². The van der Waals surface area contributed by atoms with Gasteiger partial charge in [0.1, 0.15) is 0 Å². The molecule has 0 spiro atoms. The lowest BCUT2D eigenvalue weighted by Gasteiger charge is -2.18. The normalized spacial score (nSPS) is 24.1. The Morgan fingerprint density at radius 2 is 2.00 bits per heavy atom. The van der Waals surface area contributed by atoms with Gasteiger partial charge in [0.15, 0.2) is 0 Å². The Kier molecular flexibility index (Phi) is 2.22. The van der Waals surface area contributed by atoms with Crippen LogP contribution in [0.15, 0.2) is 0 Å². The first-order valence-corrected chi connectivity index (χ1v) is 3.59. The quantitative estimate of drug-likeness (QED) is 0.551. The van der Waals surface area contributed by atoms with Gasteiger partial charge in [0, 0.05) is 12.3 Å². The predicted octanol–water partition coefficient (Wildman–Crippen LogP) is 1.12. The van der Waals surface area contributed by atoms with Crippen LogP contribution in [0.3, 0.4) is 0 Å². The van der Waals surface area contributed by atoms with Crippen LogP contribution in [0.25, 0.3) is 0 Å². The highest BCUT2D eigenvalue weighted by molar-refractivity contribution is 5.59. The first kappa shape index (κ1) is 6.75. The van der Waals surface area contributed by atoms with Gasteiger partial charge >= 0.3 is 0 Å². The molecule has 0 radical (unpaired) electrons. The van der Waals surface area contributed by atoms with Crippen LogP contribution in [0.4, 0.5) is 0 Å². The van der Waals surface area contributed by atoms with Crippen LogP contribution >= 0.6 is 0 Å². The number of hydrogen-bond acceptors (Lipinski definition) is 2. The molecule has 1 unspecified atom stereocenters. The van der Waals surface area contributed by atoms with Crippen LogP contribution < -0.4 is 0 Å². The minimum absolute atomic E-state index is 0.368. The molecule has 1 heterocycles. The second-order valence-electron chi connectivity index (χ2n) is 2.65. The molecular weight excluding hydrogens is 112 g/mol. The van der Waals surface area contributed by atoms with Crippen molar-refractivity contribution in [2.24, 2.45) is 0 Å². The van der Waals surface area contributed by atoms with Crippen LogP contribution in [-0.4, -0.2) is 30.2 Å². The molecule has 0 saturated carbocycles. The Morgan fingerprint density at radius 1 is 1.44 bits per heavy atom. The Hall–Kier alpha value is -0.370. The third kappa shape index (κ3) is 1.52. The molecule has 1 saturated heterocycles. The van der Waals surface area contributed by atoms with Crippen molar-refractivity contribution in [1.29, 1.82) is 5.41 Å². The van der Waals surface area contributed by atoms with Crippen molar-refractivity contribution in [2.45, 2.75) is 25.8 Å². The van der Waals surface area contributed by atoms with E-state index in [1.54, 1.807) is 0 Å². The van der Waals surface area contributed by atoms with Crippen molar-refractivity contribution in [3.05, 3.63) is 0 Å². The molecule has 52 valence electrons. The fourth-order valence-corrected chi connectivity index (χ4v) is 1.25. The van der Waals surface area contributed by atoms with Crippen molar-refractivity contribution in [3.63, 3.8) is 0 Å². The average Bonchev–Trinajstić information content (AvgIpc) is 2.37. The number of hydrogen-bond donors (Lipinski definition) is 1. The Labute approximate surface area is 56.4 Å². The number of nitrogens with zero attached hydrogens (tertiary/aromatic N) is 1. The van der Waals surface area contributed by atoms with E-state index >= 15 is 0 Å². The highest BCUT2D eigenvalue weighted by Gasteiger charge is 2.15. The third-order valence-corrected chi connectivity index (χ3v) is 1.96. The number of likely N-dealkylation sites (tertiary alicyclic amines) is 1. The largest absolute Gasteiger partial charge is 0.311 e. The fraction of sp³-hybridized carbons (Fsp3) is 0.857. The van der Waals surface area contributed by atoms with E-state index in [0.29, 0.717) is 6.04 Å². The van der Waals surface area contributed by atoms with E-state index in [1.807, 2.05) is 0 Å². The standard InChI is InChI=1S/C7H14N2/c1-7(6-8)9-4-2-3-5-9/h6-8H,2-5H2,1H3. The lowest BCUT2D eigenvalue weighted by molar-refractivity contribution is 0.318. The summed E-state index contributed by atoms with van der Waals surface area (Å²) in [6.45, 7) is 4.46. The SMILES string of the molecule is CC(C=N)N1CCCC1. The lowest BCUT2D eigenvalue weighted by Crippen LogP contribution is -2.30. The van der Waals surface area contributed by atoms with E-state index in [9.17, 15) is 0 Å². The summed E-state index contributed by atoms with van der Waals surface area (Å²) in [5.41, 5.74) is 0. The van der Waals surface area contributed by atoms with Gasteiger partial charge in [-0.15, -0.1) is 0 Å². The molecule has 1 fully saturated rings. The molecule has 0 aromatic carbocycles. The lowest BCUT2D eigenvalue weighted by atomic mass is 10.3. The molecule has 1 aliphatic rings. The molecule has 0 aromatic rings. The third-order valence-electron chi connectivity index (χ3n) is 1.96. The highest BCUT2D eigenvalue weighted by Crippen LogP contribution is 2.09. The van der Waals surface area contributed by atoms with Gasteiger partial charge in [-0.2, -0.15) is 0 Å². The molecule has 1 N–H and O–H groups in total. The first-order valence-electron chi connectivity index (χ1n) is 3.59. The molecule has 1 rings (SSSR count). The predicted molar refractivity (Wildman–Crippen MR) is 39.1 cm³/mol. The molecular formula is C7H14N2. The van der Waals surface area contributed by atoms with E-state index in [-0.39, 0.29) is 0 Å². The molecule has 2 heteroatoms. The maximum absolute atomic E-state index is 7.01. The molecule has 0 aromatic heterocycles. The van der Waals surface area contributed by atoms with Gasteiger partial charge in [-0.25, -0.2) is 0 Å². The number of nitrogens with one attached hydrogen (secondary N) is 1. The van der Waals surface area contributed by atoms with Gasteiger partial charge < -0.3 is 5.41 Å². The summed E-state index contributed by atoms with van der Waals surface area (Å²) in [6, 6.07) is 0.368. The summed E-state index contributed by atoms with van der Waals surface area (Å²) in [5.74, 6) is 0. The summed E-state index contributed by atoms with van der Waals surface area (Å²) >= 11 is 0. The summed E-state index contributed by atoms with van der Waals surface area (Å²) in [5, 5.41) is 7.01. The van der Waals surface area contributed by atoms with Gasteiger partial charge in [-0.3, -0.25) is 4.90 Å². The zero-order chi connectivity index (χ0) is 6.69. The average molecular weight is 126 g/mol. The second kappa shape index (κ2) is 2.97. The minimum Gasteiger partial charge on any atom is -0.311 e. The Balaban J connectivity index is 2.32. The van der Waals surface area contributed by atoms with E-state index in [4.69, 9.17) is 5.41 Å². The van der Waals surface area contributed by atoms with Crippen LogP contribution in [0.5, 0.6) is 0 Å². The Bertz CT molecular complexity index is 95.1. The van der Waals surface area contributed by atoms with Crippen molar-refractivity contribution < 1.29 is 0 Å². The molecule has 0 bridgehead atoms. The smallest absolute Gasteiger partial charge is 0.0415 e. The highest BCUT2D eigenvalue weighted by atomic mass is 15.2. The van der Waals surface area contributed by atoms with Gasteiger partial charge in [0.05, 0.1) is 0 Å². The van der Waals surface area contributed by atoms with Crippen LogP contribution in [0, 0.1) is 5.41 Å². The molecule has 1 aliphatic heterocycles. The van der Waals surface area contributed by atoms with Gasteiger partial charge in [0.2, 0.25) is 0 Å². The summed E-state index contributed by atoms with van der Waals surface area (Å²) < 4.78 is 0. The van der Waals surface area contributed by atoms with Crippen LogP contribution in [0.1, 0.15) is 19.8 Å². The summed E-state index contributed by atoms with van der Waals surface area (Å²) in [6.07, 6.45) is 4.15. The minimum atomic E-state index is 0.368.